The quantitative estimate of drug-likeness (QED) is 0.0222. The molecule has 3 N–H and O–H groups in total. The summed E-state index contributed by atoms with van der Waals surface area (Å²) in [7, 11) is -9.91. The van der Waals surface area contributed by atoms with E-state index in [4.69, 9.17) is 37.0 Å². The van der Waals surface area contributed by atoms with Crippen molar-refractivity contribution in [1.29, 1.82) is 0 Å². The molecule has 0 aromatic heterocycles. The van der Waals surface area contributed by atoms with E-state index in [9.17, 15) is 43.2 Å². The fraction of sp³-hybridized carbons (Fsp3) is 0.949. The molecule has 0 amide bonds. The van der Waals surface area contributed by atoms with Crippen LogP contribution in [0.15, 0.2) is 0 Å². The van der Waals surface area contributed by atoms with Gasteiger partial charge in [-0.15, -0.1) is 0 Å². The van der Waals surface area contributed by atoms with Gasteiger partial charge in [-0.05, 0) is 31.6 Å². The highest BCUT2D eigenvalue weighted by atomic mass is 31.2. The molecule has 0 aliphatic rings. The standard InChI is InChI=1S/C79H154O17P2/c1-6-9-12-15-18-20-22-24-26-28-29-31-33-35-40-44-49-54-59-64-79(84)96-75(69-90-77(82)63-58-53-48-43-39-34-32-30-27-25-23-21-19-16-13-10-7-2)71-94-98(87,88)92-67-73(80)66-91-97(85,86)93-70-74(68-89-76(81)62-57-52-46-17-14-11-8-3)95-78(83)65-60-55-50-45-41-37-36-38-42-47-51-56-61-72(4)5/h72-75,80H,6-71H2,1-5H3,(H,85,86)(H,87,88)/t73-,74+,75+/m0/s1. The number of carbonyl (C=O) groups excluding carboxylic acids is 4. The van der Waals surface area contributed by atoms with Crippen molar-refractivity contribution in [2.24, 2.45) is 5.92 Å². The maximum Gasteiger partial charge on any atom is 0.472 e. The topological polar surface area (TPSA) is 237 Å². The summed E-state index contributed by atoms with van der Waals surface area (Å²) in [6.45, 7) is 7.29. The Hall–Kier alpha value is -1.94. The lowest BCUT2D eigenvalue weighted by molar-refractivity contribution is -0.161. The molecule has 0 aliphatic heterocycles. The number of aliphatic hydroxyl groups excluding tert-OH is 1. The van der Waals surface area contributed by atoms with Crippen LogP contribution in [0.3, 0.4) is 0 Å². The first-order valence-electron chi connectivity index (χ1n) is 41.1. The molecular formula is C79H154O17P2. The minimum Gasteiger partial charge on any atom is -0.462 e. The normalized spacial score (nSPS) is 13.9. The largest absolute Gasteiger partial charge is 0.472 e. The summed E-state index contributed by atoms with van der Waals surface area (Å²) in [6.07, 6.45) is 62.6. The van der Waals surface area contributed by atoms with E-state index in [-0.39, 0.29) is 25.7 Å². The first-order chi connectivity index (χ1) is 47.5. The summed E-state index contributed by atoms with van der Waals surface area (Å²) >= 11 is 0. The monoisotopic (exact) mass is 1440 g/mol. The van der Waals surface area contributed by atoms with Crippen molar-refractivity contribution in [3.05, 3.63) is 0 Å². The molecule has 0 radical (unpaired) electrons. The predicted molar refractivity (Wildman–Crippen MR) is 400 cm³/mol. The number of phosphoric ester groups is 2. The van der Waals surface area contributed by atoms with E-state index in [1.165, 1.54) is 231 Å². The second-order valence-corrected chi connectivity index (χ2v) is 31.8. The lowest BCUT2D eigenvalue weighted by atomic mass is 10.0. The van der Waals surface area contributed by atoms with Crippen molar-refractivity contribution in [2.45, 2.75) is 438 Å². The Morgan fingerprint density at radius 1 is 0.276 bits per heavy atom. The third-order valence-corrected chi connectivity index (χ3v) is 20.4. The van der Waals surface area contributed by atoms with Gasteiger partial charge in [0.05, 0.1) is 26.4 Å². The van der Waals surface area contributed by atoms with E-state index < -0.39 is 97.5 Å². The van der Waals surface area contributed by atoms with Crippen molar-refractivity contribution in [2.75, 3.05) is 39.6 Å². The van der Waals surface area contributed by atoms with Crippen LogP contribution < -0.4 is 0 Å². The van der Waals surface area contributed by atoms with E-state index in [0.29, 0.717) is 25.7 Å². The van der Waals surface area contributed by atoms with Gasteiger partial charge in [0, 0.05) is 25.7 Å². The molecule has 0 bridgehead atoms. The van der Waals surface area contributed by atoms with Gasteiger partial charge in [0.1, 0.15) is 19.3 Å². The molecule has 0 aliphatic carbocycles. The summed E-state index contributed by atoms with van der Waals surface area (Å²) in [4.78, 5) is 72.8. The van der Waals surface area contributed by atoms with Crippen molar-refractivity contribution in [3.63, 3.8) is 0 Å². The van der Waals surface area contributed by atoms with Crippen LogP contribution in [0.25, 0.3) is 0 Å². The van der Waals surface area contributed by atoms with Crippen LogP contribution in [0.5, 0.6) is 0 Å². The van der Waals surface area contributed by atoms with Gasteiger partial charge in [-0.1, -0.05) is 369 Å². The molecule has 582 valence electrons. The Morgan fingerprint density at radius 3 is 0.694 bits per heavy atom. The lowest BCUT2D eigenvalue weighted by Crippen LogP contribution is -2.30. The highest BCUT2D eigenvalue weighted by Gasteiger charge is 2.30. The molecule has 0 saturated carbocycles. The maximum absolute atomic E-state index is 13.1. The zero-order chi connectivity index (χ0) is 71.9. The van der Waals surface area contributed by atoms with Gasteiger partial charge >= 0.3 is 39.5 Å². The maximum atomic E-state index is 13.1. The van der Waals surface area contributed by atoms with Crippen molar-refractivity contribution in [1.82, 2.24) is 0 Å². The zero-order valence-corrected chi connectivity index (χ0v) is 65.7. The summed E-state index contributed by atoms with van der Waals surface area (Å²) in [6, 6.07) is 0. The first-order valence-corrected chi connectivity index (χ1v) is 44.1. The zero-order valence-electron chi connectivity index (χ0n) is 63.9. The van der Waals surface area contributed by atoms with Crippen molar-refractivity contribution in [3.8, 4) is 0 Å². The molecule has 0 aromatic rings. The van der Waals surface area contributed by atoms with Gasteiger partial charge in [-0.2, -0.15) is 0 Å². The van der Waals surface area contributed by atoms with Crippen LogP contribution in [-0.2, 0) is 65.4 Å². The third-order valence-electron chi connectivity index (χ3n) is 18.5. The molecule has 19 heteroatoms. The predicted octanol–water partition coefficient (Wildman–Crippen LogP) is 23.6. The van der Waals surface area contributed by atoms with E-state index in [2.05, 4.69) is 34.6 Å². The molecule has 17 nitrogen and oxygen atoms in total. The molecule has 5 atom stereocenters. The van der Waals surface area contributed by atoms with Gasteiger partial charge in [-0.3, -0.25) is 37.3 Å². The second-order valence-electron chi connectivity index (χ2n) is 28.9. The van der Waals surface area contributed by atoms with E-state index in [1.807, 2.05) is 0 Å². The number of ether oxygens (including phenoxy) is 4. The summed E-state index contributed by atoms with van der Waals surface area (Å²) in [5.41, 5.74) is 0. The van der Waals surface area contributed by atoms with E-state index in [1.54, 1.807) is 0 Å². The molecular weight excluding hydrogens is 1280 g/mol. The smallest absolute Gasteiger partial charge is 0.462 e. The Labute approximate surface area is 600 Å². The second kappa shape index (κ2) is 72.0. The van der Waals surface area contributed by atoms with Gasteiger partial charge in [0.2, 0.25) is 0 Å². The Morgan fingerprint density at radius 2 is 0.469 bits per heavy atom. The fourth-order valence-electron chi connectivity index (χ4n) is 12.2. The van der Waals surface area contributed by atoms with E-state index >= 15 is 0 Å². The molecule has 0 fully saturated rings. The van der Waals surface area contributed by atoms with Gasteiger partial charge in [0.15, 0.2) is 12.2 Å². The third kappa shape index (κ3) is 72.4. The van der Waals surface area contributed by atoms with Crippen LogP contribution >= 0.6 is 15.6 Å². The molecule has 0 spiro atoms. The number of esters is 4. The van der Waals surface area contributed by atoms with Gasteiger partial charge < -0.3 is 33.8 Å². The summed E-state index contributed by atoms with van der Waals surface area (Å²) in [5, 5.41) is 10.6. The highest BCUT2D eigenvalue weighted by Crippen LogP contribution is 2.45. The lowest BCUT2D eigenvalue weighted by Gasteiger charge is -2.21. The van der Waals surface area contributed by atoms with Crippen molar-refractivity contribution < 1.29 is 80.2 Å². The molecule has 0 saturated heterocycles. The number of hydrogen-bond donors (Lipinski definition) is 3. The molecule has 98 heavy (non-hydrogen) atoms. The Bertz CT molecular complexity index is 1870. The van der Waals surface area contributed by atoms with Crippen LogP contribution in [0.2, 0.25) is 0 Å². The number of unbranched alkanes of at least 4 members (excludes halogenated alkanes) is 51. The number of hydrogen-bond acceptors (Lipinski definition) is 15. The SMILES string of the molecule is CCCCCCCCCCCCCCCCCCCCCC(=O)O[C@H](COC(=O)CCCCCCCCCCCCCCCCCCC)COP(=O)(O)OC[C@@H](O)COP(=O)(O)OC[C@@H](COC(=O)CCCCCCCCC)OC(=O)CCCCCCCCCCCCCCC(C)C. The van der Waals surface area contributed by atoms with Crippen LogP contribution in [0, 0.1) is 5.92 Å². The molecule has 0 aromatic carbocycles. The number of aliphatic hydroxyl groups is 1. The first kappa shape index (κ1) is 96.1. The average molecular weight is 1440 g/mol. The molecule has 0 heterocycles. The van der Waals surface area contributed by atoms with Crippen LogP contribution in [-0.4, -0.2) is 96.7 Å². The van der Waals surface area contributed by atoms with Gasteiger partial charge in [-0.25, -0.2) is 9.13 Å². The fourth-order valence-corrected chi connectivity index (χ4v) is 13.8. The Kier molecular flexibility index (Phi) is 70.6. The minimum atomic E-state index is -4.96. The summed E-state index contributed by atoms with van der Waals surface area (Å²) in [5.74, 6) is -1.34. The molecule has 2 unspecified atom stereocenters. The van der Waals surface area contributed by atoms with Crippen LogP contribution in [0.4, 0.5) is 0 Å². The van der Waals surface area contributed by atoms with Gasteiger partial charge in [0.25, 0.3) is 0 Å². The number of rotatable bonds is 79. The number of phosphoric acid groups is 2. The van der Waals surface area contributed by atoms with Crippen LogP contribution in [0.1, 0.15) is 420 Å². The van der Waals surface area contributed by atoms with E-state index in [0.717, 1.165) is 109 Å². The average Bonchev–Trinajstić information content (AvgIpc) is 1.02. The highest BCUT2D eigenvalue weighted by molar-refractivity contribution is 7.47. The molecule has 0 rings (SSSR count). The minimum absolute atomic E-state index is 0.107. The van der Waals surface area contributed by atoms with Crippen molar-refractivity contribution >= 4 is 39.5 Å². The Balaban J connectivity index is 5.18. The summed E-state index contributed by atoms with van der Waals surface area (Å²) < 4.78 is 68.5. The number of carbonyl (C=O) groups is 4.